The molecule has 4 fully saturated rings. The predicted molar refractivity (Wildman–Crippen MR) is 117 cm³/mol. The van der Waals surface area contributed by atoms with Crippen LogP contribution in [0.3, 0.4) is 0 Å². The summed E-state index contributed by atoms with van der Waals surface area (Å²) >= 11 is 0. The van der Waals surface area contributed by atoms with E-state index < -0.39 is 0 Å². The van der Waals surface area contributed by atoms with Gasteiger partial charge in [-0.15, -0.1) is 0 Å². The van der Waals surface area contributed by atoms with Crippen molar-refractivity contribution in [3.05, 3.63) is 23.5 Å². The first-order chi connectivity index (χ1) is 15.7. The average Bonchev–Trinajstić information content (AvgIpc) is 3.61. The largest absolute Gasteiger partial charge is 0.491 e. The van der Waals surface area contributed by atoms with E-state index in [1.54, 1.807) is 12.0 Å². The van der Waals surface area contributed by atoms with Crippen molar-refractivity contribution in [3.8, 4) is 5.88 Å². The first-order valence-corrected chi connectivity index (χ1v) is 11.8. The molecule has 4 heterocycles. The van der Waals surface area contributed by atoms with Gasteiger partial charge < -0.3 is 33.5 Å². The molecule has 1 saturated carbocycles. The molecule has 1 aromatic rings. The van der Waals surface area contributed by atoms with E-state index in [0.29, 0.717) is 38.3 Å². The second kappa shape index (κ2) is 8.29. The number of ether oxygens (including phenoxy) is 4. The highest BCUT2D eigenvalue weighted by Gasteiger charge is 2.72. The van der Waals surface area contributed by atoms with Crippen molar-refractivity contribution >= 4 is 6.09 Å². The molecule has 4 aliphatic rings. The van der Waals surface area contributed by atoms with E-state index in [4.69, 9.17) is 23.5 Å². The minimum atomic E-state index is -0.349. The van der Waals surface area contributed by atoms with Crippen LogP contribution in [0.5, 0.6) is 5.88 Å². The lowest BCUT2D eigenvalue weighted by Gasteiger charge is -2.44. The Hall–Kier alpha value is -2.10. The van der Waals surface area contributed by atoms with Crippen LogP contribution in [0.4, 0.5) is 4.79 Å². The van der Waals surface area contributed by atoms with E-state index in [2.05, 4.69) is 32.0 Å². The number of amides is 1. The highest BCUT2D eigenvalue weighted by atomic mass is 16.6. The number of methoxy groups -OCH3 is 1. The molecule has 1 spiro atoms. The fourth-order valence-electron chi connectivity index (χ4n) is 5.81. The maximum absolute atomic E-state index is 12.8. The Morgan fingerprint density at radius 1 is 1.39 bits per heavy atom. The summed E-state index contributed by atoms with van der Waals surface area (Å²) in [5.74, 6) is 0.780. The van der Waals surface area contributed by atoms with Crippen molar-refractivity contribution in [2.45, 2.75) is 76.0 Å². The van der Waals surface area contributed by atoms with Crippen molar-refractivity contribution in [1.29, 1.82) is 0 Å². The first-order valence-electron chi connectivity index (χ1n) is 11.8. The molecular weight excluding hydrogens is 428 g/mol. The number of aromatic hydroxyl groups is 1. The minimum absolute atomic E-state index is 0.0142. The number of likely N-dealkylation sites (tertiary alicyclic amines) is 1. The second-order valence-corrected chi connectivity index (χ2v) is 10.4. The molecule has 9 nitrogen and oxygen atoms in total. The number of epoxide rings is 2. The van der Waals surface area contributed by atoms with Gasteiger partial charge in [0.05, 0.1) is 18.6 Å². The third-order valence-electron chi connectivity index (χ3n) is 7.74. The van der Waals surface area contributed by atoms with Crippen LogP contribution in [0.15, 0.2) is 22.2 Å². The van der Waals surface area contributed by atoms with Crippen molar-refractivity contribution in [3.63, 3.8) is 0 Å². The van der Waals surface area contributed by atoms with Gasteiger partial charge in [0.1, 0.15) is 29.2 Å². The van der Waals surface area contributed by atoms with Crippen molar-refractivity contribution in [2.75, 3.05) is 26.8 Å². The van der Waals surface area contributed by atoms with Crippen molar-refractivity contribution in [2.24, 2.45) is 11.8 Å². The average molecular weight is 463 g/mol. The van der Waals surface area contributed by atoms with Crippen LogP contribution in [0.25, 0.3) is 0 Å². The van der Waals surface area contributed by atoms with Gasteiger partial charge in [0, 0.05) is 38.6 Å². The topological polar surface area (TPSA) is 110 Å². The Morgan fingerprint density at radius 3 is 2.76 bits per heavy atom. The van der Waals surface area contributed by atoms with E-state index in [0.717, 1.165) is 12.8 Å². The molecule has 9 heteroatoms. The summed E-state index contributed by atoms with van der Waals surface area (Å²) < 4.78 is 29.2. The summed E-state index contributed by atoms with van der Waals surface area (Å²) in [4.78, 5) is 14.6. The Labute approximate surface area is 194 Å². The first kappa shape index (κ1) is 22.7. The molecule has 3 aliphatic heterocycles. The maximum Gasteiger partial charge on any atom is 0.410 e. The number of hydrogen-bond donors (Lipinski definition) is 1. The number of aromatic nitrogens is 1. The van der Waals surface area contributed by atoms with E-state index >= 15 is 0 Å². The summed E-state index contributed by atoms with van der Waals surface area (Å²) in [6.07, 6.45) is 4.45. The van der Waals surface area contributed by atoms with Crippen LogP contribution < -0.4 is 0 Å². The Balaban J connectivity index is 1.20. The van der Waals surface area contributed by atoms with Crippen LogP contribution in [0.2, 0.25) is 0 Å². The smallest absolute Gasteiger partial charge is 0.410 e. The second-order valence-electron chi connectivity index (χ2n) is 10.4. The summed E-state index contributed by atoms with van der Waals surface area (Å²) in [6, 6.07) is 1.51. The molecule has 1 aromatic heterocycles. The normalized spacial score (nSPS) is 37.5. The molecule has 6 atom stereocenters. The lowest BCUT2D eigenvalue weighted by molar-refractivity contribution is -0.124. The third kappa shape index (κ3) is 4.26. The molecule has 1 amide bonds. The monoisotopic (exact) mass is 462 g/mol. The highest BCUT2D eigenvalue weighted by molar-refractivity contribution is 5.69. The molecule has 1 N–H and O–H groups in total. The van der Waals surface area contributed by atoms with Gasteiger partial charge in [0.2, 0.25) is 0 Å². The van der Waals surface area contributed by atoms with E-state index in [1.807, 2.05) is 0 Å². The molecule has 3 saturated heterocycles. The number of rotatable bonds is 7. The fourth-order valence-corrected chi connectivity index (χ4v) is 5.81. The van der Waals surface area contributed by atoms with Gasteiger partial charge in [0.15, 0.2) is 0 Å². The molecule has 0 radical (unpaired) electrons. The summed E-state index contributed by atoms with van der Waals surface area (Å²) in [7, 11) is 1.68. The van der Waals surface area contributed by atoms with Crippen molar-refractivity contribution in [1.82, 2.24) is 10.1 Å². The van der Waals surface area contributed by atoms with E-state index in [9.17, 15) is 9.90 Å². The van der Waals surface area contributed by atoms with Gasteiger partial charge >= 0.3 is 6.09 Å². The minimum Gasteiger partial charge on any atom is -0.491 e. The Bertz CT molecular complexity index is 916. The zero-order valence-electron chi connectivity index (χ0n) is 19.8. The number of carbonyl (C=O) groups is 1. The SMILES string of the molecule is CO[C@@H]1[C@H](OC(=O)N2CC(Cc3cc(O)no3)C2)CC[C@]2(CO2)[C@H]1[C@@]1(C)OC1CC=C(C)C. The lowest BCUT2D eigenvalue weighted by atomic mass is 9.68. The Morgan fingerprint density at radius 2 is 2.15 bits per heavy atom. The highest BCUT2D eigenvalue weighted by Crippen LogP contribution is 2.59. The zero-order chi connectivity index (χ0) is 23.4. The zero-order valence-corrected chi connectivity index (χ0v) is 19.8. The summed E-state index contributed by atoms with van der Waals surface area (Å²) in [5, 5.41) is 12.8. The van der Waals surface area contributed by atoms with Gasteiger partial charge in [-0.2, -0.15) is 0 Å². The molecule has 5 rings (SSSR count). The standard InChI is InChI=1S/C24H34N2O7/c1-14(2)5-6-18-23(3,32-18)21-20(29-4)17(7-8-24(21)13-30-24)31-22(28)26-11-15(12-26)9-16-10-19(27)25-33-16/h5,10,15,17-18,20-21H,6-9,11-13H2,1-4H3,(H,25,27)/t17-,18?,20-,21-,23+,24+/m1/s1. The van der Waals surface area contributed by atoms with Crippen LogP contribution in [-0.2, 0) is 25.4 Å². The molecule has 182 valence electrons. The Kier molecular flexibility index (Phi) is 5.69. The quantitative estimate of drug-likeness (QED) is 0.486. The van der Waals surface area contributed by atoms with Crippen LogP contribution in [0, 0.1) is 11.8 Å². The number of carbonyl (C=O) groups excluding carboxylic acids is 1. The van der Waals surface area contributed by atoms with Gasteiger partial charge in [-0.3, -0.25) is 0 Å². The third-order valence-corrected chi connectivity index (χ3v) is 7.74. The number of hydrogen-bond acceptors (Lipinski definition) is 8. The predicted octanol–water partition coefficient (Wildman–Crippen LogP) is 3.07. The van der Waals surface area contributed by atoms with E-state index in [-0.39, 0.29) is 53.3 Å². The van der Waals surface area contributed by atoms with Crippen molar-refractivity contribution < 1.29 is 33.4 Å². The van der Waals surface area contributed by atoms with Crippen LogP contribution in [0.1, 0.15) is 45.8 Å². The van der Waals surface area contributed by atoms with Crippen LogP contribution >= 0.6 is 0 Å². The fraction of sp³-hybridized carbons (Fsp3) is 0.750. The summed E-state index contributed by atoms with van der Waals surface area (Å²) in [6.45, 7) is 8.21. The molecule has 0 aromatic carbocycles. The number of allylic oxidation sites excluding steroid dienone is 1. The van der Waals surface area contributed by atoms with Gasteiger partial charge in [-0.25, -0.2) is 4.79 Å². The van der Waals surface area contributed by atoms with Gasteiger partial charge in [-0.1, -0.05) is 11.6 Å². The van der Waals surface area contributed by atoms with E-state index in [1.165, 1.54) is 11.6 Å². The van der Waals surface area contributed by atoms with Gasteiger partial charge in [-0.05, 0) is 45.2 Å². The number of nitrogens with zero attached hydrogens (tertiary/aromatic N) is 2. The molecular formula is C24H34N2O7. The molecule has 1 unspecified atom stereocenters. The molecule has 0 bridgehead atoms. The maximum atomic E-state index is 12.8. The van der Waals surface area contributed by atoms with Gasteiger partial charge in [0.25, 0.3) is 5.88 Å². The molecule has 1 aliphatic carbocycles. The van der Waals surface area contributed by atoms with Crippen LogP contribution in [-0.4, -0.2) is 77.6 Å². The summed E-state index contributed by atoms with van der Waals surface area (Å²) in [5.41, 5.74) is 0.693. The lowest BCUT2D eigenvalue weighted by Crippen LogP contribution is -2.57. The molecule has 33 heavy (non-hydrogen) atoms.